The molecule has 0 unspecified atom stereocenters. The highest BCUT2D eigenvalue weighted by Gasteiger charge is 2.24. The molecule has 1 aliphatic rings. The predicted octanol–water partition coefficient (Wildman–Crippen LogP) is 4.77. The monoisotopic (exact) mass is 467 g/mol. The number of aromatic nitrogens is 5. The molecule has 0 saturated heterocycles. The molecule has 0 amide bonds. The van der Waals surface area contributed by atoms with E-state index in [1.807, 2.05) is 42.8 Å². The van der Waals surface area contributed by atoms with Crippen LogP contribution < -0.4 is 10.3 Å². The average Bonchev–Trinajstić information content (AvgIpc) is 3.33. The van der Waals surface area contributed by atoms with Gasteiger partial charge in [-0.2, -0.15) is 0 Å². The highest BCUT2D eigenvalue weighted by atomic mass is 32.2. The number of aromatic amines is 1. The van der Waals surface area contributed by atoms with Gasteiger partial charge in [-0.3, -0.25) is 4.79 Å². The molecule has 0 aliphatic heterocycles. The van der Waals surface area contributed by atoms with Crippen LogP contribution in [0.1, 0.15) is 41.8 Å². The van der Waals surface area contributed by atoms with Crippen LogP contribution in [0.4, 0.5) is 0 Å². The second-order valence-corrected chi connectivity index (χ2v) is 10.7. The molecule has 4 aromatic rings. The lowest BCUT2D eigenvalue weighted by molar-refractivity contribution is 0.415. The lowest BCUT2D eigenvalue weighted by Gasteiger charge is -2.17. The molecule has 32 heavy (non-hydrogen) atoms. The molecule has 5 rings (SSSR count). The van der Waals surface area contributed by atoms with Gasteiger partial charge in [-0.15, -0.1) is 21.5 Å². The number of thiophene rings is 1. The highest BCUT2D eigenvalue weighted by Crippen LogP contribution is 2.38. The molecule has 0 saturated carbocycles. The van der Waals surface area contributed by atoms with Crippen molar-refractivity contribution in [3.8, 4) is 17.1 Å². The average molecular weight is 468 g/mol. The van der Waals surface area contributed by atoms with Crippen molar-refractivity contribution in [2.75, 3.05) is 7.11 Å². The Kier molecular flexibility index (Phi) is 5.54. The smallest absolute Gasteiger partial charge is 0.259 e. The Labute approximate surface area is 194 Å². The molecular formula is C23H25N5O2S2. The van der Waals surface area contributed by atoms with Crippen LogP contribution in [0.5, 0.6) is 5.75 Å². The molecular weight excluding hydrogens is 442 g/mol. The van der Waals surface area contributed by atoms with Crippen molar-refractivity contribution in [3.63, 3.8) is 0 Å². The largest absolute Gasteiger partial charge is 0.497 e. The van der Waals surface area contributed by atoms with Gasteiger partial charge in [-0.25, -0.2) is 4.98 Å². The summed E-state index contributed by atoms with van der Waals surface area (Å²) in [6.45, 7) is 4.31. The molecule has 0 radical (unpaired) electrons. The van der Waals surface area contributed by atoms with Crippen molar-refractivity contribution in [2.24, 2.45) is 13.0 Å². The number of ether oxygens (including phenoxy) is 1. The lowest BCUT2D eigenvalue weighted by Crippen LogP contribution is -2.15. The van der Waals surface area contributed by atoms with E-state index in [0.717, 1.165) is 51.8 Å². The number of nitrogens with zero attached hydrogens (tertiary/aromatic N) is 4. The third-order valence-electron chi connectivity index (χ3n) is 6.01. The minimum Gasteiger partial charge on any atom is -0.497 e. The first-order valence-corrected chi connectivity index (χ1v) is 12.4. The minimum absolute atomic E-state index is 0.0282. The lowest BCUT2D eigenvalue weighted by atomic mass is 9.89. The van der Waals surface area contributed by atoms with Gasteiger partial charge in [0.1, 0.15) is 16.4 Å². The molecule has 166 valence electrons. The van der Waals surface area contributed by atoms with Crippen LogP contribution >= 0.6 is 23.1 Å². The van der Waals surface area contributed by atoms with E-state index < -0.39 is 0 Å². The predicted molar refractivity (Wildman–Crippen MR) is 129 cm³/mol. The maximum Gasteiger partial charge on any atom is 0.259 e. The van der Waals surface area contributed by atoms with Gasteiger partial charge < -0.3 is 14.3 Å². The molecule has 0 fully saturated rings. The van der Waals surface area contributed by atoms with Crippen LogP contribution in [0.25, 0.3) is 21.6 Å². The number of nitrogens with one attached hydrogen (secondary N) is 1. The first-order valence-electron chi connectivity index (χ1n) is 10.7. The standard InChI is InChI=1S/C23H25N5O2S2/c1-12-8-9-16-17(10-12)32-22-18(16)21(29)24-19(25-22)13(2)31-23-27-26-20(28(23)3)14-6-5-7-15(11-14)30-4/h5-7,11-13H,8-10H2,1-4H3,(H,24,25,29)/t12-,13-/m0/s1. The zero-order chi connectivity index (χ0) is 22.4. The zero-order valence-electron chi connectivity index (χ0n) is 18.5. The van der Waals surface area contributed by atoms with Crippen molar-refractivity contribution >= 4 is 33.3 Å². The van der Waals surface area contributed by atoms with Crippen LogP contribution in [-0.2, 0) is 19.9 Å². The summed E-state index contributed by atoms with van der Waals surface area (Å²) in [7, 11) is 3.59. The van der Waals surface area contributed by atoms with E-state index in [9.17, 15) is 4.79 Å². The van der Waals surface area contributed by atoms with Gasteiger partial charge in [0.25, 0.3) is 5.56 Å². The number of thioether (sulfide) groups is 1. The van der Waals surface area contributed by atoms with Gasteiger partial charge in [0.05, 0.1) is 17.7 Å². The normalized spacial score (nSPS) is 16.8. The summed E-state index contributed by atoms with van der Waals surface area (Å²) in [4.78, 5) is 23.0. The van der Waals surface area contributed by atoms with Gasteiger partial charge >= 0.3 is 0 Å². The molecule has 1 N–H and O–H groups in total. The van der Waals surface area contributed by atoms with Gasteiger partial charge in [-0.05, 0) is 49.8 Å². The number of aryl methyl sites for hydroxylation is 1. The molecule has 7 nitrogen and oxygen atoms in total. The SMILES string of the molecule is COc1cccc(-c2nnc(S[C@@H](C)c3nc4sc5c(c4c(=O)[nH]3)CC[C@H](C)C5)n2C)c1. The molecule has 0 spiro atoms. The van der Waals surface area contributed by atoms with Crippen molar-refractivity contribution in [3.05, 3.63) is 50.9 Å². The van der Waals surface area contributed by atoms with E-state index >= 15 is 0 Å². The molecule has 1 aliphatic carbocycles. The Bertz CT molecular complexity index is 1360. The Morgan fingerprint density at radius 3 is 3.00 bits per heavy atom. The second kappa shape index (κ2) is 8.37. The van der Waals surface area contributed by atoms with Crippen molar-refractivity contribution in [2.45, 2.75) is 43.5 Å². The number of fused-ring (bicyclic) bond motifs is 3. The van der Waals surface area contributed by atoms with E-state index in [1.165, 1.54) is 22.2 Å². The molecule has 3 aromatic heterocycles. The number of methoxy groups -OCH3 is 1. The number of rotatable bonds is 5. The van der Waals surface area contributed by atoms with E-state index in [4.69, 9.17) is 9.72 Å². The summed E-state index contributed by atoms with van der Waals surface area (Å²) in [5.74, 6) is 2.87. The molecule has 0 bridgehead atoms. The molecule has 3 heterocycles. The van der Waals surface area contributed by atoms with Crippen LogP contribution in [0.3, 0.4) is 0 Å². The van der Waals surface area contributed by atoms with Gasteiger partial charge in [0.15, 0.2) is 11.0 Å². The Hall–Kier alpha value is -2.65. The summed E-state index contributed by atoms with van der Waals surface area (Å²) in [5, 5.41) is 10.2. The summed E-state index contributed by atoms with van der Waals surface area (Å²) >= 11 is 3.21. The summed E-state index contributed by atoms with van der Waals surface area (Å²) in [6, 6.07) is 7.76. The first kappa shape index (κ1) is 21.2. The third-order valence-corrected chi connectivity index (χ3v) is 8.31. The van der Waals surface area contributed by atoms with Gasteiger partial charge in [0.2, 0.25) is 0 Å². The molecule has 1 aromatic carbocycles. The Balaban J connectivity index is 1.43. The number of benzene rings is 1. The van der Waals surface area contributed by atoms with Crippen LogP contribution in [0.15, 0.2) is 34.2 Å². The summed E-state index contributed by atoms with van der Waals surface area (Å²) in [6.07, 6.45) is 3.15. The van der Waals surface area contributed by atoms with E-state index in [-0.39, 0.29) is 10.8 Å². The van der Waals surface area contributed by atoms with Crippen LogP contribution in [0, 0.1) is 5.92 Å². The minimum atomic E-state index is -0.0776. The third kappa shape index (κ3) is 3.73. The van der Waals surface area contributed by atoms with Crippen LogP contribution in [-0.4, -0.2) is 31.8 Å². The Morgan fingerprint density at radius 1 is 1.34 bits per heavy atom. The van der Waals surface area contributed by atoms with Crippen molar-refractivity contribution < 1.29 is 4.74 Å². The number of H-pyrrole nitrogens is 1. The number of hydrogen-bond donors (Lipinski definition) is 1. The summed E-state index contributed by atoms with van der Waals surface area (Å²) in [5.41, 5.74) is 2.12. The Morgan fingerprint density at radius 2 is 2.19 bits per heavy atom. The fourth-order valence-electron chi connectivity index (χ4n) is 4.20. The van der Waals surface area contributed by atoms with E-state index in [2.05, 4.69) is 22.1 Å². The van der Waals surface area contributed by atoms with Crippen molar-refractivity contribution in [1.82, 2.24) is 24.7 Å². The number of hydrogen-bond acceptors (Lipinski definition) is 7. The van der Waals surface area contributed by atoms with Gasteiger partial charge in [0, 0.05) is 17.5 Å². The fraction of sp³-hybridized carbons (Fsp3) is 0.391. The van der Waals surface area contributed by atoms with E-state index in [0.29, 0.717) is 11.7 Å². The van der Waals surface area contributed by atoms with Crippen molar-refractivity contribution in [1.29, 1.82) is 0 Å². The quantitative estimate of drug-likeness (QED) is 0.426. The maximum absolute atomic E-state index is 12.9. The summed E-state index contributed by atoms with van der Waals surface area (Å²) < 4.78 is 7.28. The van der Waals surface area contributed by atoms with Crippen LogP contribution in [0.2, 0.25) is 0 Å². The second-order valence-electron chi connectivity index (χ2n) is 8.34. The topological polar surface area (TPSA) is 85.7 Å². The van der Waals surface area contributed by atoms with Gasteiger partial charge in [-0.1, -0.05) is 30.8 Å². The zero-order valence-corrected chi connectivity index (χ0v) is 20.1. The maximum atomic E-state index is 12.9. The first-order chi connectivity index (χ1) is 15.4. The highest BCUT2D eigenvalue weighted by molar-refractivity contribution is 7.99. The molecule has 2 atom stereocenters. The van der Waals surface area contributed by atoms with E-state index in [1.54, 1.807) is 18.4 Å². The fourth-order valence-corrected chi connectivity index (χ4v) is 6.47. The molecule has 9 heteroatoms.